The molecule has 11 heteroatoms. The average molecular weight is 411 g/mol. The van der Waals surface area contributed by atoms with Crippen LogP contribution >= 0.6 is 0 Å². The highest BCUT2D eigenvalue weighted by Crippen LogP contribution is 2.49. The second kappa shape index (κ2) is 6.16. The summed E-state index contributed by atoms with van der Waals surface area (Å²) in [7, 11) is -3.95. The van der Waals surface area contributed by atoms with Crippen LogP contribution in [0.1, 0.15) is 39.7 Å². The summed E-state index contributed by atoms with van der Waals surface area (Å²) in [5, 5.41) is 21.5. The van der Waals surface area contributed by atoms with Crippen LogP contribution in [0.15, 0.2) is 23.2 Å². The van der Waals surface area contributed by atoms with Crippen molar-refractivity contribution in [1.29, 1.82) is 0 Å². The van der Waals surface area contributed by atoms with Gasteiger partial charge in [-0.3, -0.25) is 20.4 Å². The molecule has 0 aliphatic carbocycles. The maximum absolute atomic E-state index is 13.5. The van der Waals surface area contributed by atoms with E-state index in [9.17, 15) is 23.3 Å². The number of ether oxygens (including phenoxy) is 1. The summed E-state index contributed by atoms with van der Waals surface area (Å²) in [5.74, 6) is 0.0576. The predicted octanol–water partition coefficient (Wildman–Crippen LogP) is 2.22. The Morgan fingerprint density at radius 3 is 2.61 bits per heavy atom. The van der Waals surface area contributed by atoms with Gasteiger partial charge in [0.15, 0.2) is 9.84 Å². The fourth-order valence-electron chi connectivity index (χ4n) is 3.80. The third-order valence-corrected chi connectivity index (χ3v) is 8.46. The first-order valence-electron chi connectivity index (χ1n) is 8.60. The first-order chi connectivity index (χ1) is 12.8. The molecule has 0 aromatic heterocycles. The molecule has 2 heterocycles. The monoisotopic (exact) mass is 411 g/mol. The summed E-state index contributed by atoms with van der Waals surface area (Å²) >= 11 is 0. The number of carboxylic acid groups (broad SMARTS) is 1. The number of nitro groups is 1. The summed E-state index contributed by atoms with van der Waals surface area (Å²) in [4.78, 5) is 26.4. The summed E-state index contributed by atoms with van der Waals surface area (Å²) in [6.45, 7) is 6.04. The topological polar surface area (TPSA) is 148 Å². The number of aliphatic imine (C=N–C) groups is 1. The van der Waals surface area contributed by atoms with Crippen molar-refractivity contribution >= 4 is 27.5 Å². The van der Waals surface area contributed by atoms with Crippen LogP contribution in [0, 0.1) is 10.1 Å². The number of nitrogens with one attached hydrogen (secondary N) is 1. The number of hydrogen-bond acceptors (Lipinski definition) is 7. The largest absolute Gasteiger partial charge is 0.490 e. The zero-order valence-electron chi connectivity index (χ0n) is 15.8. The molecule has 1 aromatic rings. The number of sulfone groups is 1. The minimum atomic E-state index is -3.95. The van der Waals surface area contributed by atoms with Gasteiger partial charge in [-0.1, -0.05) is 0 Å². The van der Waals surface area contributed by atoms with Crippen molar-refractivity contribution in [1.82, 2.24) is 5.32 Å². The standard InChI is InChI=1S/C17H21N3O7S/c1-9-7-13-17(4,11-8-10(20(23)24)5-6-12(11)27-9)19-14(18-15(21)22)16(2,3)28(13,25)26/h5-6,8-9,13H,7H2,1-4H3,(H,18,19)(H,21,22)/t9-,13-,17-/m1/s1. The van der Waals surface area contributed by atoms with Gasteiger partial charge in [0.05, 0.1) is 16.3 Å². The maximum Gasteiger partial charge on any atom is 0.410 e. The van der Waals surface area contributed by atoms with Crippen LogP contribution in [0.4, 0.5) is 10.5 Å². The number of fused-ring (bicyclic) bond motifs is 3. The fraction of sp³-hybridized carbons (Fsp3) is 0.529. The van der Waals surface area contributed by atoms with Crippen molar-refractivity contribution in [2.45, 2.75) is 55.8 Å². The zero-order chi connectivity index (χ0) is 21.1. The molecule has 0 saturated heterocycles. The van der Waals surface area contributed by atoms with Crippen LogP contribution in [0.5, 0.6) is 5.75 Å². The molecule has 3 rings (SSSR count). The molecule has 2 aliphatic heterocycles. The average Bonchev–Trinajstić information content (AvgIpc) is 2.67. The number of hydrogen-bond donors (Lipinski definition) is 2. The normalized spacial score (nSPS) is 29.9. The minimum Gasteiger partial charge on any atom is -0.490 e. The van der Waals surface area contributed by atoms with Crippen LogP contribution in [-0.4, -0.2) is 46.5 Å². The first-order valence-corrected chi connectivity index (χ1v) is 10.1. The van der Waals surface area contributed by atoms with Gasteiger partial charge in [0.1, 0.15) is 21.9 Å². The van der Waals surface area contributed by atoms with Crippen molar-refractivity contribution in [3.05, 3.63) is 33.9 Å². The summed E-state index contributed by atoms with van der Waals surface area (Å²) in [6.07, 6.45) is -1.82. The Bertz CT molecular complexity index is 1000. The van der Waals surface area contributed by atoms with Crippen LogP contribution in [0.25, 0.3) is 0 Å². The van der Waals surface area contributed by atoms with Gasteiger partial charge in [-0.2, -0.15) is 0 Å². The Labute approximate surface area is 161 Å². The molecule has 0 spiro atoms. The number of benzene rings is 1. The van der Waals surface area contributed by atoms with Gasteiger partial charge in [0, 0.05) is 24.1 Å². The fourth-order valence-corrected chi connectivity index (χ4v) is 6.18. The number of rotatable bonds is 1. The lowest BCUT2D eigenvalue weighted by atomic mass is 9.85. The predicted molar refractivity (Wildman–Crippen MR) is 101 cm³/mol. The Balaban J connectivity index is 2.37. The number of amides is 1. The smallest absolute Gasteiger partial charge is 0.410 e. The van der Waals surface area contributed by atoms with Crippen molar-refractivity contribution in [2.24, 2.45) is 4.99 Å². The van der Waals surface area contributed by atoms with E-state index in [0.29, 0.717) is 0 Å². The van der Waals surface area contributed by atoms with E-state index in [1.54, 1.807) is 6.92 Å². The summed E-state index contributed by atoms with van der Waals surface area (Å²) < 4.78 is 31.2. The Kier molecular flexibility index (Phi) is 4.41. The second-order valence-corrected chi connectivity index (χ2v) is 10.4. The molecule has 0 fully saturated rings. The maximum atomic E-state index is 13.5. The number of amidine groups is 1. The molecule has 10 nitrogen and oxygen atoms in total. The molecular formula is C17H21N3O7S. The van der Waals surface area contributed by atoms with Gasteiger partial charge >= 0.3 is 6.09 Å². The van der Waals surface area contributed by atoms with Gasteiger partial charge in [-0.25, -0.2) is 13.2 Å². The Hall–Kier alpha value is -2.69. The van der Waals surface area contributed by atoms with E-state index in [4.69, 9.17) is 9.84 Å². The Morgan fingerprint density at radius 2 is 2.04 bits per heavy atom. The number of nitrogens with zero attached hydrogens (tertiary/aromatic N) is 2. The molecule has 1 aromatic carbocycles. The summed E-state index contributed by atoms with van der Waals surface area (Å²) in [5.41, 5.74) is -1.46. The quantitative estimate of drug-likeness (QED) is 0.531. The van der Waals surface area contributed by atoms with E-state index in [1.165, 1.54) is 39.0 Å². The van der Waals surface area contributed by atoms with Gasteiger partial charge in [-0.15, -0.1) is 0 Å². The highest BCUT2D eigenvalue weighted by atomic mass is 32.2. The summed E-state index contributed by atoms with van der Waals surface area (Å²) in [6, 6.07) is 3.94. The van der Waals surface area contributed by atoms with Crippen LogP contribution in [0.2, 0.25) is 0 Å². The van der Waals surface area contributed by atoms with Crippen molar-refractivity contribution in [3.63, 3.8) is 0 Å². The van der Waals surface area contributed by atoms with Crippen LogP contribution < -0.4 is 10.1 Å². The van der Waals surface area contributed by atoms with Crippen molar-refractivity contribution in [3.8, 4) is 5.75 Å². The lowest BCUT2D eigenvalue weighted by Gasteiger charge is -2.44. The third kappa shape index (κ3) is 2.81. The van der Waals surface area contributed by atoms with Crippen molar-refractivity contribution in [2.75, 3.05) is 0 Å². The van der Waals surface area contributed by atoms with E-state index in [-0.39, 0.29) is 29.3 Å². The van der Waals surface area contributed by atoms with Gasteiger partial charge in [0.2, 0.25) is 0 Å². The van der Waals surface area contributed by atoms with E-state index in [2.05, 4.69) is 10.3 Å². The first kappa shape index (κ1) is 20.1. The third-order valence-electron chi connectivity index (χ3n) is 5.45. The Morgan fingerprint density at radius 1 is 1.39 bits per heavy atom. The van der Waals surface area contributed by atoms with Crippen molar-refractivity contribution < 1.29 is 28.0 Å². The van der Waals surface area contributed by atoms with E-state index < -0.39 is 42.5 Å². The highest BCUT2D eigenvalue weighted by Gasteiger charge is 2.59. The lowest BCUT2D eigenvalue weighted by molar-refractivity contribution is -0.385. The molecule has 0 bridgehead atoms. The van der Waals surface area contributed by atoms with Crippen LogP contribution in [-0.2, 0) is 15.4 Å². The van der Waals surface area contributed by atoms with Gasteiger partial charge in [0.25, 0.3) is 5.69 Å². The molecular weight excluding hydrogens is 390 g/mol. The molecule has 152 valence electrons. The minimum absolute atomic E-state index is 0.106. The molecule has 28 heavy (non-hydrogen) atoms. The molecule has 2 N–H and O–H groups in total. The number of non-ortho nitro benzene ring substituents is 1. The van der Waals surface area contributed by atoms with E-state index in [1.807, 2.05) is 0 Å². The molecule has 0 radical (unpaired) electrons. The zero-order valence-corrected chi connectivity index (χ0v) is 16.6. The molecule has 0 saturated carbocycles. The van der Waals surface area contributed by atoms with Gasteiger partial charge in [-0.05, 0) is 33.8 Å². The molecule has 0 unspecified atom stereocenters. The molecule has 1 amide bonds. The molecule has 3 atom stereocenters. The number of nitro benzene ring substituents is 1. The second-order valence-electron chi connectivity index (χ2n) is 7.68. The highest BCUT2D eigenvalue weighted by molar-refractivity contribution is 7.94. The van der Waals surface area contributed by atoms with Gasteiger partial charge < -0.3 is 9.84 Å². The van der Waals surface area contributed by atoms with E-state index >= 15 is 0 Å². The lowest BCUT2D eigenvalue weighted by Crippen LogP contribution is -2.61. The SMILES string of the molecule is C[C@@H]1C[C@@H]2[C@](C)(N=C(NC(=O)O)C(C)(C)S2(=O)=O)c2cc([N+](=O)[O-])ccc2O1. The molecule has 2 aliphatic rings. The van der Waals surface area contributed by atoms with E-state index in [0.717, 1.165) is 0 Å². The van der Waals surface area contributed by atoms with Crippen LogP contribution in [0.3, 0.4) is 0 Å². The number of carbonyl (C=O) groups is 1.